The van der Waals surface area contributed by atoms with E-state index >= 15 is 0 Å². The molecule has 0 saturated heterocycles. The molecule has 5 heteroatoms. The lowest BCUT2D eigenvalue weighted by atomic mass is 10.1. The number of aromatic nitrogens is 5. The van der Waals surface area contributed by atoms with E-state index in [-0.39, 0.29) is 0 Å². The van der Waals surface area contributed by atoms with Gasteiger partial charge in [0.25, 0.3) is 0 Å². The van der Waals surface area contributed by atoms with Crippen LogP contribution in [-0.2, 0) is 0 Å². The first-order valence-corrected chi connectivity index (χ1v) is 16.3. The zero-order valence-electron chi connectivity index (χ0n) is 25.8. The van der Waals surface area contributed by atoms with Crippen LogP contribution in [0.2, 0.25) is 0 Å². The van der Waals surface area contributed by atoms with Gasteiger partial charge in [-0.3, -0.25) is 8.97 Å². The molecule has 4 heterocycles. The summed E-state index contributed by atoms with van der Waals surface area (Å²) in [4.78, 5) is 5.15. The molecule has 0 radical (unpaired) electrons. The van der Waals surface area contributed by atoms with Crippen LogP contribution in [0.3, 0.4) is 0 Å². The number of imidazole rings is 2. The van der Waals surface area contributed by atoms with Crippen molar-refractivity contribution in [3.63, 3.8) is 0 Å². The Morgan fingerprint density at radius 2 is 0.958 bits per heavy atom. The Kier molecular flexibility index (Phi) is 5.05. The maximum absolute atomic E-state index is 5.15. The van der Waals surface area contributed by atoms with E-state index in [1.807, 2.05) is 0 Å². The van der Waals surface area contributed by atoms with Gasteiger partial charge in [0.15, 0.2) is 0 Å². The number of rotatable bonds is 3. The lowest BCUT2D eigenvalue weighted by Gasteiger charge is -2.10. The van der Waals surface area contributed by atoms with Crippen LogP contribution in [0.5, 0.6) is 0 Å². The van der Waals surface area contributed by atoms with Crippen LogP contribution in [0.4, 0.5) is 0 Å². The average Bonchev–Trinajstić information content (AvgIpc) is 3.87. The first-order valence-electron chi connectivity index (χ1n) is 16.3. The number of benzene rings is 7. The van der Waals surface area contributed by atoms with Crippen LogP contribution < -0.4 is 0 Å². The minimum atomic E-state index is 0.914. The smallest absolute Gasteiger partial charge is 0.220 e. The van der Waals surface area contributed by atoms with Crippen molar-refractivity contribution >= 4 is 71.5 Å². The minimum absolute atomic E-state index is 0.914. The van der Waals surface area contributed by atoms with Crippen molar-refractivity contribution in [1.29, 1.82) is 0 Å². The molecule has 11 aromatic rings. The molecule has 0 spiro atoms. The van der Waals surface area contributed by atoms with Crippen LogP contribution in [-0.4, -0.2) is 23.1 Å². The van der Waals surface area contributed by atoms with Crippen molar-refractivity contribution < 1.29 is 0 Å². The molecule has 224 valence electrons. The van der Waals surface area contributed by atoms with Gasteiger partial charge in [-0.25, -0.2) is 4.98 Å². The second-order valence-electron chi connectivity index (χ2n) is 12.5. The molecule has 0 N–H and O–H groups in total. The molecular formula is C43H27N5. The van der Waals surface area contributed by atoms with E-state index in [1.165, 1.54) is 43.6 Å². The van der Waals surface area contributed by atoms with Crippen LogP contribution in [0.1, 0.15) is 0 Å². The highest BCUT2D eigenvalue weighted by molar-refractivity contribution is 6.26. The summed E-state index contributed by atoms with van der Waals surface area (Å²) < 4.78 is 9.43. The Morgan fingerprint density at radius 1 is 0.354 bits per heavy atom. The van der Waals surface area contributed by atoms with Crippen LogP contribution in [0, 0.1) is 0 Å². The highest BCUT2D eigenvalue weighted by Crippen LogP contribution is 2.42. The SMILES string of the molecule is c1ccc(-n2c3ccccc3c3c2ccc2c4cc(-n5c6ccccc6n6c7ccccc7nc56)ccc4n(-c4ccccc4)c23)cc1. The first kappa shape index (κ1) is 25.6. The van der Waals surface area contributed by atoms with E-state index in [0.717, 1.165) is 44.9 Å². The summed E-state index contributed by atoms with van der Waals surface area (Å²) >= 11 is 0. The van der Waals surface area contributed by atoms with Crippen LogP contribution >= 0.6 is 0 Å². The Morgan fingerprint density at radius 3 is 1.75 bits per heavy atom. The molecule has 0 aliphatic carbocycles. The molecule has 5 nitrogen and oxygen atoms in total. The molecule has 7 aromatic carbocycles. The normalized spacial score (nSPS) is 12.2. The quantitative estimate of drug-likeness (QED) is 0.195. The van der Waals surface area contributed by atoms with Crippen molar-refractivity contribution in [3.8, 4) is 17.1 Å². The molecule has 0 unspecified atom stereocenters. The van der Waals surface area contributed by atoms with Crippen molar-refractivity contribution in [1.82, 2.24) is 23.1 Å². The van der Waals surface area contributed by atoms with Gasteiger partial charge in [0.2, 0.25) is 5.78 Å². The summed E-state index contributed by atoms with van der Waals surface area (Å²) in [5, 5.41) is 4.92. The van der Waals surface area contributed by atoms with E-state index in [4.69, 9.17) is 4.98 Å². The van der Waals surface area contributed by atoms with E-state index in [2.05, 4.69) is 182 Å². The molecule has 48 heavy (non-hydrogen) atoms. The van der Waals surface area contributed by atoms with Gasteiger partial charge >= 0.3 is 0 Å². The maximum Gasteiger partial charge on any atom is 0.220 e. The third-order valence-corrected chi connectivity index (χ3v) is 9.94. The average molecular weight is 614 g/mol. The summed E-state index contributed by atoms with van der Waals surface area (Å²) in [6, 6.07) is 58.7. The van der Waals surface area contributed by atoms with E-state index < -0.39 is 0 Å². The molecule has 0 aliphatic rings. The van der Waals surface area contributed by atoms with Gasteiger partial charge in [-0.05, 0) is 78.9 Å². The van der Waals surface area contributed by atoms with Gasteiger partial charge in [0, 0.05) is 38.6 Å². The summed E-state index contributed by atoms with van der Waals surface area (Å²) in [5.41, 5.74) is 12.5. The van der Waals surface area contributed by atoms with Gasteiger partial charge in [-0.2, -0.15) is 0 Å². The van der Waals surface area contributed by atoms with Gasteiger partial charge < -0.3 is 9.13 Å². The fraction of sp³-hybridized carbons (Fsp3) is 0. The first-order chi connectivity index (χ1) is 23.8. The number of hydrogen-bond donors (Lipinski definition) is 0. The molecular weight excluding hydrogens is 587 g/mol. The summed E-state index contributed by atoms with van der Waals surface area (Å²) in [5.74, 6) is 0.914. The second-order valence-corrected chi connectivity index (χ2v) is 12.5. The number of nitrogens with zero attached hydrogens (tertiary/aromatic N) is 5. The molecule has 0 fully saturated rings. The summed E-state index contributed by atoms with van der Waals surface area (Å²) in [7, 11) is 0. The van der Waals surface area contributed by atoms with Gasteiger partial charge in [0.05, 0.1) is 44.1 Å². The minimum Gasteiger partial charge on any atom is -0.309 e. The Bertz CT molecular complexity index is 3050. The van der Waals surface area contributed by atoms with Crippen LogP contribution in [0.25, 0.3) is 88.5 Å². The zero-order valence-corrected chi connectivity index (χ0v) is 25.8. The third-order valence-electron chi connectivity index (χ3n) is 9.94. The van der Waals surface area contributed by atoms with E-state index in [9.17, 15) is 0 Å². The Labute approximate surface area is 274 Å². The van der Waals surface area contributed by atoms with E-state index in [0.29, 0.717) is 0 Å². The molecule has 0 aliphatic heterocycles. The topological polar surface area (TPSA) is 32.1 Å². The van der Waals surface area contributed by atoms with Crippen molar-refractivity contribution in [2.24, 2.45) is 0 Å². The van der Waals surface area contributed by atoms with Crippen molar-refractivity contribution in [2.75, 3.05) is 0 Å². The second kappa shape index (κ2) is 9.47. The van der Waals surface area contributed by atoms with Gasteiger partial charge in [-0.15, -0.1) is 0 Å². The zero-order chi connectivity index (χ0) is 31.3. The van der Waals surface area contributed by atoms with Gasteiger partial charge in [0.1, 0.15) is 0 Å². The highest BCUT2D eigenvalue weighted by Gasteiger charge is 2.22. The van der Waals surface area contributed by atoms with E-state index in [1.54, 1.807) is 0 Å². The Balaban J connectivity index is 1.29. The van der Waals surface area contributed by atoms with Crippen molar-refractivity contribution in [2.45, 2.75) is 0 Å². The molecule has 0 bridgehead atoms. The third kappa shape index (κ3) is 3.32. The lowest BCUT2D eigenvalue weighted by Crippen LogP contribution is -1.96. The predicted octanol–water partition coefficient (Wildman–Crippen LogP) is 10.6. The molecule has 0 saturated carbocycles. The number of para-hydroxylation sites is 7. The summed E-state index contributed by atoms with van der Waals surface area (Å²) in [6.45, 7) is 0. The molecule has 4 aromatic heterocycles. The largest absolute Gasteiger partial charge is 0.309 e. The standard InChI is InChI=1S/C43H27N5/c1-3-13-28(14-4-1)45-35-19-9-7-17-32(35)41-40(45)26-24-31-33-27-30(23-25-36(33)46(42(31)41)29-15-5-2-6-16-29)47-38-21-11-12-22-39(38)48-37-20-10-8-18-34(37)44-43(47)48/h1-27H. The number of fused-ring (bicyclic) bond motifs is 12. The molecule has 11 rings (SSSR count). The fourth-order valence-electron chi connectivity index (χ4n) is 7.99. The number of hydrogen-bond acceptors (Lipinski definition) is 1. The lowest BCUT2D eigenvalue weighted by molar-refractivity contribution is 1.11. The Hall–Kier alpha value is -6.59. The monoisotopic (exact) mass is 613 g/mol. The fourth-order valence-corrected chi connectivity index (χ4v) is 7.99. The highest BCUT2D eigenvalue weighted by atomic mass is 15.2. The predicted molar refractivity (Wildman–Crippen MR) is 198 cm³/mol. The maximum atomic E-state index is 5.15. The van der Waals surface area contributed by atoms with Crippen LogP contribution in [0.15, 0.2) is 164 Å². The molecule has 0 atom stereocenters. The van der Waals surface area contributed by atoms with Gasteiger partial charge in [-0.1, -0.05) is 84.9 Å². The summed E-state index contributed by atoms with van der Waals surface area (Å²) in [6.07, 6.45) is 0. The van der Waals surface area contributed by atoms with Crippen molar-refractivity contribution in [3.05, 3.63) is 164 Å². The molecule has 0 amide bonds.